The van der Waals surface area contributed by atoms with Gasteiger partial charge in [0.25, 0.3) is 0 Å². The molecule has 0 aliphatic heterocycles. The number of alkyl halides is 1. The van der Waals surface area contributed by atoms with Gasteiger partial charge in [0.2, 0.25) is 0 Å². The third-order valence-electron chi connectivity index (χ3n) is 1.98. The zero-order chi connectivity index (χ0) is 11.8. The topological polar surface area (TPSA) is 59.3 Å². The molecule has 2 N–H and O–H groups in total. The second-order valence-corrected chi connectivity index (χ2v) is 3.84. The molecule has 0 bridgehead atoms. The SMILES string of the molecule is CC(CCl)Nc1cnn(CCOCCO)c1. The van der Waals surface area contributed by atoms with Crippen LogP contribution in [-0.4, -0.2) is 46.6 Å². The normalized spacial score (nSPS) is 12.7. The van der Waals surface area contributed by atoms with Gasteiger partial charge in [0.05, 0.1) is 38.2 Å². The molecule has 0 amide bonds. The Hall–Kier alpha value is -0.780. The van der Waals surface area contributed by atoms with Gasteiger partial charge in [-0.05, 0) is 6.92 Å². The van der Waals surface area contributed by atoms with E-state index in [-0.39, 0.29) is 12.6 Å². The lowest BCUT2D eigenvalue weighted by Gasteiger charge is -2.08. The molecule has 1 heterocycles. The molecule has 1 aromatic heterocycles. The van der Waals surface area contributed by atoms with E-state index in [2.05, 4.69) is 10.4 Å². The van der Waals surface area contributed by atoms with Gasteiger partial charge in [-0.2, -0.15) is 5.10 Å². The molecule has 0 spiro atoms. The summed E-state index contributed by atoms with van der Waals surface area (Å²) in [4.78, 5) is 0. The number of ether oxygens (including phenoxy) is 1. The van der Waals surface area contributed by atoms with E-state index in [0.717, 1.165) is 5.69 Å². The standard InChI is InChI=1S/C10H18ClN3O2/c1-9(6-11)13-10-7-12-14(8-10)2-4-16-5-3-15/h7-9,13,15H,2-6H2,1H3. The van der Waals surface area contributed by atoms with Gasteiger partial charge in [0, 0.05) is 18.1 Å². The van der Waals surface area contributed by atoms with Crippen molar-refractivity contribution >= 4 is 17.3 Å². The lowest BCUT2D eigenvalue weighted by atomic mass is 10.4. The first-order valence-corrected chi connectivity index (χ1v) is 5.83. The third-order valence-corrected chi connectivity index (χ3v) is 2.44. The monoisotopic (exact) mass is 247 g/mol. The summed E-state index contributed by atoms with van der Waals surface area (Å²) < 4.78 is 6.94. The number of nitrogens with zero attached hydrogens (tertiary/aromatic N) is 2. The first kappa shape index (κ1) is 13.3. The zero-order valence-corrected chi connectivity index (χ0v) is 10.2. The van der Waals surface area contributed by atoms with Crippen LogP contribution < -0.4 is 5.32 Å². The molecule has 1 unspecified atom stereocenters. The molecule has 1 atom stereocenters. The van der Waals surface area contributed by atoms with Crippen molar-refractivity contribution in [3.63, 3.8) is 0 Å². The van der Waals surface area contributed by atoms with Gasteiger partial charge >= 0.3 is 0 Å². The van der Waals surface area contributed by atoms with Crippen molar-refractivity contribution in [3.05, 3.63) is 12.4 Å². The van der Waals surface area contributed by atoms with Gasteiger partial charge in [-0.15, -0.1) is 11.6 Å². The van der Waals surface area contributed by atoms with Gasteiger partial charge in [-0.1, -0.05) is 0 Å². The summed E-state index contributed by atoms with van der Waals surface area (Å²) in [5, 5.41) is 15.9. The quantitative estimate of drug-likeness (QED) is 0.530. The molecule has 5 nitrogen and oxygen atoms in total. The average Bonchev–Trinajstić information content (AvgIpc) is 2.72. The van der Waals surface area contributed by atoms with Crippen LogP contribution in [0.1, 0.15) is 6.92 Å². The number of aromatic nitrogens is 2. The highest BCUT2D eigenvalue weighted by Gasteiger charge is 2.02. The van der Waals surface area contributed by atoms with Crippen LogP contribution in [-0.2, 0) is 11.3 Å². The van der Waals surface area contributed by atoms with Crippen LogP contribution in [0.2, 0.25) is 0 Å². The van der Waals surface area contributed by atoms with Gasteiger partial charge < -0.3 is 15.2 Å². The molecule has 1 aromatic rings. The van der Waals surface area contributed by atoms with Crippen molar-refractivity contribution < 1.29 is 9.84 Å². The molecule has 6 heteroatoms. The van der Waals surface area contributed by atoms with Crippen LogP contribution in [0, 0.1) is 0 Å². The van der Waals surface area contributed by atoms with Gasteiger partial charge in [0.1, 0.15) is 0 Å². The summed E-state index contributed by atoms with van der Waals surface area (Å²) in [5.74, 6) is 0.560. The average molecular weight is 248 g/mol. The Kier molecular flexibility index (Phi) is 6.22. The fourth-order valence-electron chi connectivity index (χ4n) is 1.21. The number of aliphatic hydroxyl groups excluding tert-OH is 1. The Morgan fingerprint density at radius 2 is 2.44 bits per heavy atom. The number of rotatable bonds is 8. The molecule has 0 aliphatic carbocycles. The van der Waals surface area contributed by atoms with E-state index in [4.69, 9.17) is 21.4 Å². The molecule has 0 aliphatic rings. The molecule has 16 heavy (non-hydrogen) atoms. The maximum atomic E-state index is 8.52. The van der Waals surface area contributed by atoms with Crippen molar-refractivity contribution in [2.75, 3.05) is 31.0 Å². The van der Waals surface area contributed by atoms with Crippen LogP contribution in [0.3, 0.4) is 0 Å². The number of aliphatic hydroxyl groups is 1. The highest BCUT2D eigenvalue weighted by atomic mass is 35.5. The van der Waals surface area contributed by atoms with Crippen LogP contribution in [0.5, 0.6) is 0 Å². The first-order chi connectivity index (χ1) is 7.76. The van der Waals surface area contributed by atoms with Gasteiger partial charge in [0.15, 0.2) is 0 Å². The van der Waals surface area contributed by atoms with E-state index in [9.17, 15) is 0 Å². The number of hydrogen-bond acceptors (Lipinski definition) is 4. The minimum atomic E-state index is 0.0547. The predicted molar refractivity (Wildman–Crippen MR) is 63.9 cm³/mol. The molecule has 0 saturated heterocycles. The van der Waals surface area contributed by atoms with Crippen LogP contribution in [0.15, 0.2) is 12.4 Å². The number of anilines is 1. The van der Waals surface area contributed by atoms with Crippen molar-refractivity contribution in [2.24, 2.45) is 0 Å². The van der Waals surface area contributed by atoms with Crippen molar-refractivity contribution in [3.8, 4) is 0 Å². The second-order valence-electron chi connectivity index (χ2n) is 3.53. The Labute approximate surface area is 100 Å². The third kappa shape index (κ3) is 4.83. The maximum Gasteiger partial charge on any atom is 0.0728 e. The van der Waals surface area contributed by atoms with E-state index in [1.165, 1.54) is 0 Å². The summed E-state index contributed by atoms with van der Waals surface area (Å²) in [5.41, 5.74) is 0.954. The Bertz CT molecular complexity index is 293. The molecular weight excluding hydrogens is 230 g/mol. The first-order valence-electron chi connectivity index (χ1n) is 5.30. The summed E-state index contributed by atoms with van der Waals surface area (Å²) in [6.07, 6.45) is 3.67. The largest absolute Gasteiger partial charge is 0.394 e. The minimum absolute atomic E-state index is 0.0547. The second kappa shape index (κ2) is 7.49. The Balaban J connectivity index is 2.28. The molecule has 0 fully saturated rings. The Morgan fingerprint density at radius 3 is 3.12 bits per heavy atom. The fraction of sp³-hybridized carbons (Fsp3) is 0.700. The number of nitrogens with one attached hydrogen (secondary N) is 1. The predicted octanol–water partition coefficient (Wildman–Crippen LogP) is 0.931. The molecule has 92 valence electrons. The lowest BCUT2D eigenvalue weighted by molar-refractivity contribution is 0.0854. The van der Waals surface area contributed by atoms with Crippen LogP contribution >= 0.6 is 11.6 Å². The summed E-state index contributed by atoms with van der Waals surface area (Å²) in [6.45, 7) is 3.66. The zero-order valence-electron chi connectivity index (χ0n) is 9.40. The smallest absolute Gasteiger partial charge is 0.0728 e. The van der Waals surface area contributed by atoms with Crippen LogP contribution in [0.4, 0.5) is 5.69 Å². The van der Waals surface area contributed by atoms with Crippen molar-refractivity contribution in [2.45, 2.75) is 19.5 Å². The van der Waals surface area contributed by atoms with Crippen molar-refractivity contribution in [1.29, 1.82) is 0 Å². The summed E-state index contributed by atoms with van der Waals surface area (Å²) >= 11 is 5.69. The summed E-state index contributed by atoms with van der Waals surface area (Å²) in [6, 6.07) is 0.227. The fourth-order valence-corrected chi connectivity index (χ4v) is 1.29. The van der Waals surface area contributed by atoms with Gasteiger partial charge in [-0.3, -0.25) is 4.68 Å². The van der Waals surface area contributed by atoms with E-state index in [1.807, 2.05) is 13.1 Å². The van der Waals surface area contributed by atoms with Crippen molar-refractivity contribution in [1.82, 2.24) is 9.78 Å². The molecular formula is C10H18ClN3O2. The van der Waals surface area contributed by atoms with E-state index in [1.54, 1.807) is 10.9 Å². The molecule has 0 radical (unpaired) electrons. The molecule has 1 rings (SSSR count). The number of halogens is 1. The highest BCUT2D eigenvalue weighted by molar-refractivity contribution is 6.18. The number of hydrogen-bond donors (Lipinski definition) is 2. The van der Waals surface area contributed by atoms with E-state index < -0.39 is 0 Å². The maximum absolute atomic E-state index is 8.52. The summed E-state index contributed by atoms with van der Waals surface area (Å²) in [7, 11) is 0. The van der Waals surface area contributed by atoms with E-state index in [0.29, 0.717) is 25.6 Å². The van der Waals surface area contributed by atoms with Gasteiger partial charge in [-0.25, -0.2) is 0 Å². The highest BCUT2D eigenvalue weighted by Crippen LogP contribution is 2.07. The lowest BCUT2D eigenvalue weighted by Crippen LogP contribution is -2.16. The Morgan fingerprint density at radius 1 is 1.62 bits per heavy atom. The van der Waals surface area contributed by atoms with E-state index >= 15 is 0 Å². The van der Waals surface area contributed by atoms with Crippen LogP contribution in [0.25, 0.3) is 0 Å². The molecule has 0 saturated carbocycles. The minimum Gasteiger partial charge on any atom is -0.394 e. The molecule has 0 aromatic carbocycles.